The molecule has 1 aromatic carbocycles. The first-order valence-electron chi connectivity index (χ1n) is 6.48. The third kappa shape index (κ3) is 4.98. The molecule has 0 aliphatic heterocycles. The topological polar surface area (TPSA) is 101 Å². The molecule has 0 bridgehead atoms. The fraction of sp³-hybridized carbons (Fsp3) is 0.462. The van der Waals surface area contributed by atoms with E-state index in [0.717, 1.165) is 12.1 Å². The van der Waals surface area contributed by atoms with Crippen molar-refractivity contribution in [2.75, 3.05) is 12.3 Å². The monoisotopic (exact) mass is 317 g/mol. The smallest absolute Gasteiger partial charge is 0.241 e. The maximum atomic E-state index is 13.3. The molecular weight excluding hydrogens is 297 g/mol. The molecule has 0 saturated heterocycles. The Morgan fingerprint density at radius 3 is 2.48 bits per heavy atom. The van der Waals surface area contributed by atoms with Crippen LogP contribution in [0.5, 0.6) is 0 Å². The summed E-state index contributed by atoms with van der Waals surface area (Å²) in [7, 11) is -3.99. The first-order chi connectivity index (χ1) is 9.63. The molecule has 0 heterocycles. The van der Waals surface area contributed by atoms with Crippen molar-refractivity contribution in [1.82, 2.24) is 10.0 Å². The van der Waals surface area contributed by atoms with Crippen LogP contribution in [-0.4, -0.2) is 26.9 Å². The molecule has 1 unspecified atom stereocenters. The highest BCUT2D eigenvalue weighted by molar-refractivity contribution is 7.89. The average molecular weight is 317 g/mol. The van der Waals surface area contributed by atoms with Gasteiger partial charge in [0.25, 0.3) is 0 Å². The molecule has 0 radical (unpaired) electrons. The summed E-state index contributed by atoms with van der Waals surface area (Å²) in [6.07, 6.45) is 0. The van der Waals surface area contributed by atoms with Gasteiger partial charge in [-0.25, -0.2) is 12.8 Å². The highest BCUT2D eigenvalue weighted by Gasteiger charge is 2.22. The largest absolute Gasteiger partial charge is 0.396 e. The van der Waals surface area contributed by atoms with Crippen molar-refractivity contribution in [3.63, 3.8) is 0 Å². The molecule has 1 aromatic rings. The Hall–Kier alpha value is -1.67. The van der Waals surface area contributed by atoms with Gasteiger partial charge in [-0.2, -0.15) is 4.72 Å². The summed E-state index contributed by atoms with van der Waals surface area (Å²) < 4.78 is 39.6. The number of rotatable bonds is 6. The number of nitrogen functional groups attached to an aromatic ring is 1. The second kappa shape index (κ2) is 6.86. The number of nitrogens with two attached hydrogens (primary N) is 1. The van der Waals surface area contributed by atoms with E-state index >= 15 is 0 Å². The van der Waals surface area contributed by atoms with Crippen LogP contribution in [-0.2, 0) is 14.8 Å². The number of carbonyl (C=O) groups excluding carboxylic acids is 1. The minimum absolute atomic E-state index is 0.142. The Balaban J connectivity index is 2.80. The number of anilines is 1. The van der Waals surface area contributed by atoms with E-state index in [0.29, 0.717) is 6.54 Å². The van der Waals surface area contributed by atoms with Gasteiger partial charge in [0.05, 0.1) is 16.6 Å². The second-order valence-corrected chi connectivity index (χ2v) is 6.88. The van der Waals surface area contributed by atoms with E-state index in [9.17, 15) is 17.6 Å². The lowest BCUT2D eigenvalue weighted by atomic mass is 10.2. The molecule has 1 amide bonds. The van der Waals surface area contributed by atoms with Gasteiger partial charge in [0.15, 0.2) is 0 Å². The minimum atomic E-state index is -3.99. The summed E-state index contributed by atoms with van der Waals surface area (Å²) in [5.41, 5.74) is 5.15. The van der Waals surface area contributed by atoms with Crippen molar-refractivity contribution in [3.05, 3.63) is 24.0 Å². The Kier molecular flexibility index (Phi) is 5.68. The molecule has 1 atom stereocenters. The molecule has 0 aromatic heterocycles. The van der Waals surface area contributed by atoms with Crippen LogP contribution in [0.2, 0.25) is 0 Å². The third-order valence-corrected chi connectivity index (χ3v) is 4.23. The lowest BCUT2D eigenvalue weighted by Crippen LogP contribution is -2.45. The molecule has 0 aliphatic carbocycles. The van der Waals surface area contributed by atoms with Gasteiger partial charge in [-0.05, 0) is 31.0 Å². The molecule has 8 heteroatoms. The number of benzene rings is 1. The zero-order chi connectivity index (χ0) is 16.2. The predicted octanol–water partition coefficient (Wildman–Crippen LogP) is 0.847. The number of nitrogens with one attached hydrogen (secondary N) is 2. The standard InChI is InChI=1S/C13H20FN3O3S/c1-8(2)7-16-13(18)9(3)17-21(19,20)10-4-5-12(15)11(14)6-10/h4-6,8-9,17H,7,15H2,1-3H3,(H,16,18). The highest BCUT2D eigenvalue weighted by atomic mass is 32.2. The summed E-state index contributed by atoms with van der Waals surface area (Å²) in [4.78, 5) is 11.5. The molecule has 1 rings (SSSR count). The Bertz CT molecular complexity index is 617. The molecule has 118 valence electrons. The van der Waals surface area contributed by atoms with E-state index < -0.39 is 27.8 Å². The fourth-order valence-corrected chi connectivity index (χ4v) is 2.70. The number of carbonyl (C=O) groups is 1. The van der Waals surface area contributed by atoms with E-state index in [1.807, 2.05) is 13.8 Å². The highest BCUT2D eigenvalue weighted by Crippen LogP contribution is 2.16. The van der Waals surface area contributed by atoms with Crippen LogP contribution < -0.4 is 15.8 Å². The SMILES string of the molecule is CC(C)CNC(=O)C(C)NS(=O)(=O)c1ccc(N)c(F)c1. The van der Waals surface area contributed by atoms with E-state index in [-0.39, 0.29) is 16.5 Å². The fourth-order valence-electron chi connectivity index (χ4n) is 1.49. The molecule has 0 spiro atoms. The quantitative estimate of drug-likeness (QED) is 0.677. The lowest BCUT2D eigenvalue weighted by molar-refractivity contribution is -0.122. The van der Waals surface area contributed by atoms with Gasteiger partial charge < -0.3 is 11.1 Å². The van der Waals surface area contributed by atoms with Crippen LogP contribution >= 0.6 is 0 Å². The van der Waals surface area contributed by atoms with Gasteiger partial charge in [-0.3, -0.25) is 4.79 Å². The van der Waals surface area contributed by atoms with E-state index in [1.165, 1.54) is 13.0 Å². The van der Waals surface area contributed by atoms with Gasteiger partial charge in [0, 0.05) is 6.54 Å². The van der Waals surface area contributed by atoms with Crippen molar-refractivity contribution in [3.8, 4) is 0 Å². The van der Waals surface area contributed by atoms with Crippen LogP contribution in [0.25, 0.3) is 0 Å². The summed E-state index contributed by atoms with van der Waals surface area (Å²) in [5.74, 6) is -1.01. The molecule has 0 fully saturated rings. The van der Waals surface area contributed by atoms with Gasteiger partial charge in [0.2, 0.25) is 15.9 Å². The number of hydrogen-bond donors (Lipinski definition) is 3. The molecule has 21 heavy (non-hydrogen) atoms. The minimum Gasteiger partial charge on any atom is -0.396 e. The van der Waals surface area contributed by atoms with Crippen LogP contribution in [0, 0.1) is 11.7 Å². The van der Waals surface area contributed by atoms with Crippen LogP contribution in [0.3, 0.4) is 0 Å². The molecule has 6 nitrogen and oxygen atoms in total. The van der Waals surface area contributed by atoms with E-state index in [4.69, 9.17) is 5.73 Å². The van der Waals surface area contributed by atoms with Crippen LogP contribution in [0.15, 0.2) is 23.1 Å². The molecule has 0 aliphatic rings. The van der Waals surface area contributed by atoms with Gasteiger partial charge in [0.1, 0.15) is 5.82 Å². The molecule has 4 N–H and O–H groups in total. The summed E-state index contributed by atoms with van der Waals surface area (Å²) >= 11 is 0. The van der Waals surface area contributed by atoms with E-state index in [2.05, 4.69) is 10.0 Å². The van der Waals surface area contributed by atoms with Crippen molar-refractivity contribution >= 4 is 21.6 Å². The molecule has 0 saturated carbocycles. The number of hydrogen-bond acceptors (Lipinski definition) is 4. The van der Waals surface area contributed by atoms with Gasteiger partial charge in [-0.15, -0.1) is 0 Å². The van der Waals surface area contributed by atoms with Crippen molar-refractivity contribution < 1.29 is 17.6 Å². The third-order valence-electron chi connectivity index (χ3n) is 2.69. The Morgan fingerprint density at radius 1 is 1.33 bits per heavy atom. The predicted molar refractivity (Wildman–Crippen MR) is 78.4 cm³/mol. The Labute approximate surface area is 124 Å². The second-order valence-electron chi connectivity index (χ2n) is 5.17. The Morgan fingerprint density at radius 2 is 1.95 bits per heavy atom. The first kappa shape index (κ1) is 17.4. The normalized spacial score (nSPS) is 13.2. The zero-order valence-electron chi connectivity index (χ0n) is 12.2. The number of amides is 1. The number of halogens is 1. The summed E-state index contributed by atoms with van der Waals surface area (Å²) in [6, 6.07) is 2.19. The first-order valence-corrected chi connectivity index (χ1v) is 7.97. The molecular formula is C13H20FN3O3S. The van der Waals surface area contributed by atoms with Crippen LogP contribution in [0.1, 0.15) is 20.8 Å². The maximum absolute atomic E-state index is 13.3. The van der Waals surface area contributed by atoms with Crippen molar-refractivity contribution in [1.29, 1.82) is 0 Å². The average Bonchev–Trinajstić information content (AvgIpc) is 2.38. The zero-order valence-corrected chi connectivity index (χ0v) is 13.0. The number of sulfonamides is 1. The van der Waals surface area contributed by atoms with Crippen molar-refractivity contribution in [2.45, 2.75) is 31.7 Å². The van der Waals surface area contributed by atoms with Gasteiger partial charge >= 0.3 is 0 Å². The van der Waals surface area contributed by atoms with Crippen LogP contribution in [0.4, 0.5) is 10.1 Å². The van der Waals surface area contributed by atoms with E-state index in [1.54, 1.807) is 0 Å². The van der Waals surface area contributed by atoms with Gasteiger partial charge in [-0.1, -0.05) is 13.8 Å². The maximum Gasteiger partial charge on any atom is 0.241 e. The summed E-state index contributed by atoms with van der Waals surface area (Å²) in [6.45, 7) is 5.71. The summed E-state index contributed by atoms with van der Waals surface area (Å²) in [5, 5.41) is 2.62. The van der Waals surface area contributed by atoms with Crippen molar-refractivity contribution in [2.24, 2.45) is 5.92 Å². The lowest BCUT2D eigenvalue weighted by Gasteiger charge is -2.15.